The summed E-state index contributed by atoms with van der Waals surface area (Å²) in [4.78, 5) is 18.7. The number of imidazole rings is 1. The number of carbonyl (C=O) groups is 1. The fourth-order valence-electron chi connectivity index (χ4n) is 3.54. The lowest BCUT2D eigenvalue weighted by Crippen LogP contribution is -2.06. The van der Waals surface area contributed by atoms with Gasteiger partial charge in [0.15, 0.2) is 5.78 Å². The number of ketones is 1. The number of nitrogens with one attached hydrogen (secondary N) is 2. The summed E-state index contributed by atoms with van der Waals surface area (Å²) in [7, 11) is 1.81. The van der Waals surface area contributed by atoms with Crippen LogP contribution in [0, 0.1) is 19.3 Å². The molecule has 0 fully saturated rings. The van der Waals surface area contributed by atoms with Crippen LogP contribution in [0.4, 0.5) is 5.00 Å². The molecule has 0 aliphatic rings. The number of anilines is 1. The Morgan fingerprint density at radius 3 is 2.47 bits per heavy atom. The Bertz CT molecular complexity index is 1260. The minimum absolute atomic E-state index is 0.0284. The van der Waals surface area contributed by atoms with Crippen molar-refractivity contribution in [2.24, 2.45) is 0 Å². The van der Waals surface area contributed by atoms with Crippen molar-refractivity contribution in [3.05, 3.63) is 75.9 Å². The largest absolute Gasteiger partial charge is 0.379 e. The fourth-order valence-corrected chi connectivity index (χ4v) is 4.55. The quantitative estimate of drug-likeness (QED) is 0.320. The van der Waals surface area contributed by atoms with E-state index in [4.69, 9.17) is 10.4 Å². The van der Waals surface area contributed by atoms with Gasteiger partial charge in [-0.3, -0.25) is 4.79 Å². The van der Waals surface area contributed by atoms with Crippen LogP contribution in [0.3, 0.4) is 0 Å². The molecule has 3 aromatic heterocycles. The molecule has 6 heteroatoms. The van der Waals surface area contributed by atoms with Gasteiger partial charge in [-0.15, -0.1) is 11.3 Å². The molecule has 0 atom stereocenters. The molecular formula is C24H24N4OS. The van der Waals surface area contributed by atoms with E-state index in [2.05, 4.69) is 36.5 Å². The summed E-state index contributed by atoms with van der Waals surface area (Å²) in [6.45, 7) is 5.83. The summed E-state index contributed by atoms with van der Waals surface area (Å²) in [6, 6.07) is 14.1. The maximum absolute atomic E-state index is 13.3. The molecule has 4 aromatic rings. The second-order valence-electron chi connectivity index (χ2n) is 7.54. The van der Waals surface area contributed by atoms with Crippen LogP contribution >= 0.6 is 11.3 Å². The lowest BCUT2D eigenvalue weighted by Gasteiger charge is -2.06. The molecule has 0 radical (unpaired) electrons. The Balaban J connectivity index is 1.80. The number of benzene rings is 1. The number of thiophene rings is 1. The molecule has 0 aliphatic carbocycles. The van der Waals surface area contributed by atoms with Gasteiger partial charge in [0.1, 0.15) is 5.65 Å². The Hall–Kier alpha value is -3.25. The molecule has 0 unspecified atom stereocenters. The molecule has 1 aromatic carbocycles. The number of pyridine rings is 1. The number of Topliss-reactive ketones (excluding diaryl/α,β-unsaturated/α-hetero) is 1. The molecule has 0 saturated heterocycles. The molecule has 0 spiro atoms. The van der Waals surface area contributed by atoms with E-state index in [9.17, 15) is 4.79 Å². The standard InChI is InChI=1S/C24H24N4OS/c1-14-5-8-17(9-6-14)23-19(28-13-15(2)7-10-22(28)27-23)12-20(29)21-11-18(16(3)25)24(26-4)30-21/h5-11,13,25-26H,12H2,1-4H3. The van der Waals surface area contributed by atoms with Crippen LogP contribution in [0.1, 0.15) is 39.0 Å². The normalized spacial score (nSPS) is 11.1. The van der Waals surface area contributed by atoms with E-state index in [0.29, 0.717) is 10.6 Å². The Labute approximate surface area is 179 Å². The second kappa shape index (κ2) is 7.88. The number of carbonyl (C=O) groups excluding carboxylic acids is 1. The van der Waals surface area contributed by atoms with Gasteiger partial charge in [0, 0.05) is 30.1 Å². The molecule has 152 valence electrons. The van der Waals surface area contributed by atoms with Crippen LogP contribution in [0.2, 0.25) is 0 Å². The molecule has 2 N–H and O–H groups in total. The molecule has 0 amide bonds. The maximum atomic E-state index is 13.3. The van der Waals surface area contributed by atoms with E-state index in [1.165, 1.54) is 16.9 Å². The highest BCUT2D eigenvalue weighted by molar-refractivity contribution is 7.18. The van der Waals surface area contributed by atoms with Crippen molar-refractivity contribution in [3.63, 3.8) is 0 Å². The summed E-state index contributed by atoms with van der Waals surface area (Å²) < 4.78 is 2.03. The predicted molar refractivity (Wildman–Crippen MR) is 125 cm³/mol. The number of rotatable bonds is 6. The van der Waals surface area contributed by atoms with Gasteiger partial charge in [0.2, 0.25) is 0 Å². The topological polar surface area (TPSA) is 70.2 Å². The minimum atomic E-state index is 0.0284. The number of nitrogens with zero attached hydrogens (tertiary/aromatic N) is 2. The zero-order valence-electron chi connectivity index (χ0n) is 17.5. The molecule has 0 saturated carbocycles. The predicted octanol–water partition coefficient (Wildman–Crippen LogP) is 5.53. The molecular weight excluding hydrogens is 392 g/mol. The number of hydrogen-bond acceptors (Lipinski definition) is 5. The van der Waals surface area contributed by atoms with Crippen LogP contribution in [-0.2, 0) is 6.42 Å². The molecule has 4 rings (SSSR count). The van der Waals surface area contributed by atoms with E-state index in [-0.39, 0.29) is 12.2 Å². The van der Waals surface area contributed by atoms with Crippen LogP contribution in [0.15, 0.2) is 48.7 Å². The van der Waals surface area contributed by atoms with Crippen LogP contribution < -0.4 is 5.32 Å². The van der Waals surface area contributed by atoms with E-state index >= 15 is 0 Å². The van der Waals surface area contributed by atoms with E-state index in [1.807, 2.05) is 42.8 Å². The van der Waals surface area contributed by atoms with Gasteiger partial charge in [0.25, 0.3) is 0 Å². The SMILES string of the molecule is CNc1sc(C(=O)Cc2c(-c3ccc(C)cc3)nc3ccc(C)cn23)cc1C(C)=N. The number of hydrogen-bond donors (Lipinski definition) is 2. The van der Waals surface area contributed by atoms with Gasteiger partial charge in [-0.2, -0.15) is 0 Å². The van der Waals surface area contributed by atoms with Gasteiger partial charge < -0.3 is 15.1 Å². The van der Waals surface area contributed by atoms with Gasteiger partial charge in [-0.25, -0.2) is 4.98 Å². The van der Waals surface area contributed by atoms with Crippen molar-refractivity contribution in [2.75, 3.05) is 12.4 Å². The first-order valence-corrected chi connectivity index (χ1v) is 10.6. The molecule has 5 nitrogen and oxygen atoms in total. The number of fused-ring (bicyclic) bond motifs is 1. The third-order valence-electron chi connectivity index (χ3n) is 5.16. The van der Waals surface area contributed by atoms with Crippen molar-refractivity contribution in [1.29, 1.82) is 5.41 Å². The molecule has 30 heavy (non-hydrogen) atoms. The van der Waals surface area contributed by atoms with Gasteiger partial charge in [-0.1, -0.05) is 35.9 Å². The smallest absolute Gasteiger partial charge is 0.178 e. The van der Waals surface area contributed by atoms with Crippen LogP contribution in [0.5, 0.6) is 0 Å². The van der Waals surface area contributed by atoms with Gasteiger partial charge in [0.05, 0.1) is 27.7 Å². The minimum Gasteiger partial charge on any atom is -0.379 e. The zero-order chi connectivity index (χ0) is 21.4. The summed E-state index contributed by atoms with van der Waals surface area (Å²) in [5.41, 5.74) is 7.07. The molecule has 0 aliphatic heterocycles. The summed E-state index contributed by atoms with van der Waals surface area (Å²) in [5.74, 6) is 0.0284. The fraction of sp³-hybridized carbons (Fsp3) is 0.208. The number of aromatic nitrogens is 2. The average Bonchev–Trinajstić information content (AvgIpc) is 3.31. The monoisotopic (exact) mass is 416 g/mol. The van der Waals surface area contributed by atoms with Crippen molar-refractivity contribution in [2.45, 2.75) is 27.2 Å². The van der Waals surface area contributed by atoms with Crippen molar-refractivity contribution in [3.8, 4) is 11.3 Å². The highest BCUT2D eigenvalue weighted by Gasteiger charge is 2.21. The third-order valence-corrected chi connectivity index (χ3v) is 6.35. The zero-order valence-corrected chi connectivity index (χ0v) is 18.4. The first-order valence-electron chi connectivity index (χ1n) is 9.82. The summed E-state index contributed by atoms with van der Waals surface area (Å²) in [5, 5.41) is 11.9. The first kappa shape index (κ1) is 20.0. The van der Waals surface area contributed by atoms with Crippen molar-refractivity contribution in [1.82, 2.24) is 9.38 Å². The Kier molecular flexibility index (Phi) is 5.26. The molecule has 3 heterocycles. The Morgan fingerprint density at radius 2 is 1.83 bits per heavy atom. The summed E-state index contributed by atoms with van der Waals surface area (Å²) >= 11 is 1.40. The highest BCUT2D eigenvalue weighted by Crippen LogP contribution is 2.31. The Morgan fingerprint density at radius 1 is 1.13 bits per heavy atom. The van der Waals surface area contributed by atoms with Crippen LogP contribution in [0.25, 0.3) is 16.9 Å². The maximum Gasteiger partial charge on any atom is 0.178 e. The number of aryl methyl sites for hydroxylation is 2. The average molecular weight is 417 g/mol. The first-order chi connectivity index (χ1) is 14.4. The lowest BCUT2D eigenvalue weighted by atomic mass is 10.0. The van der Waals surface area contributed by atoms with E-state index in [0.717, 1.165) is 38.7 Å². The second-order valence-corrected chi connectivity index (χ2v) is 8.59. The third kappa shape index (κ3) is 3.66. The van der Waals surface area contributed by atoms with Crippen molar-refractivity contribution >= 4 is 33.5 Å². The highest BCUT2D eigenvalue weighted by atomic mass is 32.1. The van der Waals surface area contributed by atoms with E-state index < -0.39 is 0 Å². The summed E-state index contributed by atoms with van der Waals surface area (Å²) in [6.07, 6.45) is 2.28. The molecule has 0 bridgehead atoms. The van der Waals surface area contributed by atoms with Gasteiger partial charge in [-0.05, 0) is 38.5 Å². The van der Waals surface area contributed by atoms with E-state index in [1.54, 1.807) is 6.92 Å². The van der Waals surface area contributed by atoms with Gasteiger partial charge >= 0.3 is 0 Å². The lowest BCUT2D eigenvalue weighted by molar-refractivity contribution is 0.0995. The van der Waals surface area contributed by atoms with Crippen LogP contribution in [-0.4, -0.2) is 27.9 Å². The van der Waals surface area contributed by atoms with Crippen molar-refractivity contribution < 1.29 is 4.79 Å².